The number of nitrogens with one attached hydrogen (secondary N) is 1. The van der Waals surface area contributed by atoms with Gasteiger partial charge in [0.05, 0.1) is 32.7 Å². The molecule has 1 N–H and O–H groups in total. The molecule has 76 valence electrons. The zero-order valence-corrected chi connectivity index (χ0v) is 9.10. The SMILES string of the molecule is CC[NH+]1CCN(C(=O)[C@@H](C)Cl)CC1. The molecule has 13 heavy (non-hydrogen) atoms. The molecule has 1 heterocycles. The Kier molecular flexibility index (Phi) is 4.00. The summed E-state index contributed by atoms with van der Waals surface area (Å²) in [5, 5.41) is -0.372. The van der Waals surface area contributed by atoms with E-state index in [2.05, 4.69) is 6.92 Å². The van der Waals surface area contributed by atoms with Crippen LogP contribution in [0.15, 0.2) is 0 Å². The molecule has 0 saturated carbocycles. The highest BCUT2D eigenvalue weighted by Gasteiger charge is 2.24. The van der Waals surface area contributed by atoms with Crippen molar-refractivity contribution >= 4 is 17.5 Å². The van der Waals surface area contributed by atoms with Gasteiger partial charge in [0.15, 0.2) is 0 Å². The molecule has 3 nitrogen and oxygen atoms in total. The van der Waals surface area contributed by atoms with Crippen LogP contribution in [0.4, 0.5) is 0 Å². The highest BCUT2D eigenvalue weighted by atomic mass is 35.5. The van der Waals surface area contributed by atoms with Gasteiger partial charge in [-0.15, -0.1) is 11.6 Å². The first kappa shape index (κ1) is 10.8. The van der Waals surface area contributed by atoms with Crippen LogP contribution in [0.2, 0.25) is 0 Å². The molecule has 1 aliphatic rings. The Labute approximate surface area is 84.6 Å². The quantitative estimate of drug-likeness (QED) is 0.597. The van der Waals surface area contributed by atoms with Crippen LogP contribution in [0, 0.1) is 0 Å². The van der Waals surface area contributed by atoms with Crippen molar-refractivity contribution < 1.29 is 9.69 Å². The fourth-order valence-electron chi connectivity index (χ4n) is 1.65. The molecular weight excluding hydrogens is 188 g/mol. The highest BCUT2D eigenvalue weighted by Crippen LogP contribution is 2.01. The second-order valence-electron chi connectivity index (χ2n) is 3.54. The molecule has 0 bridgehead atoms. The second kappa shape index (κ2) is 4.82. The summed E-state index contributed by atoms with van der Waals surface area (Å²) in [5.41, 5.74) is 0. The van der Waals surface area contributed by atoms with E-state index in [1.807, 2.05) is 4.90 Å². The van der Waals surface area contributed by atoms with Crippen LogP contribution < -0.4 is 4.90 Å². The smallest absolute Gasteiger partial charge is 0.240 e. The normalized spacial score (nSPS) is 21.6. The number of alkyl halides is 1. The van der Waals surface area contributed by atoms with Crippen molar-refractivity contribution in [3.63, 3.8) is 0 Å². The van der Waals surface area contributed by atoms with Gasteiger partial charge in [0.2, 0.25) is 5.91 Å². The number of carbonyl (C=O) groups excluding carboxylic acids is 1. The van der Waals surface area contributed by atoms with Crippen LogP contribution in [0.3, 0.4) is 0 Å². The van der Waals surface area contributed by atoms with E-state index in [9.17, 15) is 4.79 Å². The monoisotopic (exact) mass is 205 g/mol. The third-order valence-electron chi connectivity index (χ3n) is 2.62. The Balaban J connectivity index is 2.36. The first-order valence-electron chi connectivity index (χ1n) is 4.91. The Bertz CT molecular complexity index is 176. The highest BCUT2D eigenvalue weighted by molar-refractivity contribution is 6.30. The van der Waals surface area contributed by atoms with E-state index in [-0.39, 0.29) is 11.3 Å². The van der Waals surface area contributed by atoms with Gasteiger partial charge in [-0.1, -0.05) is 0 Å². The number of hydrogen-bond acceptors (Lipinski definition) is 1. The maximum atomic E-state index is 11.5. The molecule has 1 saturated heterocycles. The minimum absolute atomic E-state index is 0.0804. The van der Waals surface area contributed by atoms with Crippen LogP contribution in [0.1, 0.15) is 13.8 Å². The van der Waals surface area contributed by atoms with Crippen molar-refractivity contribution in [2.24, 2.45) is 0 Å². The van der Waals surface area contributed by atoms with E-state index in [0.717, 1.165) is 32.7 Å². The molecule has 0 unspecified atom stereocenters. The van der Waals surface area contributed by atoms with Crippen LogP contribution in [-0.4, -0.2) is 48.9 Å². The molecule has 0 aliphatic carbocycles. The number of nitrogens with zero attached hydrogens (tertiary/aromatic N) is 1. The summed E-state index contributed by atoms with van der Waals surface area (Å²) >= 11 is 5.73. The van der Waals surface area contributed by atoms with Gasteiger partial charge in [0.1, 0.15) is 5.38 Å². The number of likely N-dealkylation sites (N-methyl/N-ethyl adjacent to an activating group) is 1. The van der Waals surface area contributed by atoms with Crippen molar-refractivity contribution in [3.8, 4) is 0 Å². The van der Waals surface area contributed by atoms with Crippen LogP contribution in [0.5, 0.6) is 0 Å². The largest absolute Gasteiger partial charge is 0.332 e. The second-order valence-corrected chi connectivity index (χ2v) is 4.20. The fraction of sp³-hybridized carbons (Fsp3) is 0.889. The van der Waals surface area contributed by atoms with E-state index in [0.29, 0.717) is 0 Å². The van der Waals surface area contributed by atoms with Crippen LogP contribution in [-0.2, 0) is 4.79 Å². The molecule has 1 aliphatic heterocycles. The first-order chi connectivity index (χ1) is 6.15. The lowest BCUT2D eigenvalue weighted by atomic mass is 10.3. The third kappa shape index (κ3) is 2.85. The van der Waals surface area contributed by atoms with Crippen LogP contribution >= 0.6 is 11.6 Å². The summed E-state index contributed by atoms with van der Waals surface area (Å²) in [5.74, 6) is 0.0804. The molecule has 0 aromatic heterocycles. The number of hydrogen-bond donors (Lipinski definition) is 1. The Morgan fingerprint density at radius 3 is 2.46 bits per heavy atom. The Morgan fingerprint density at radius 2 is 2.08 bits per heavy atom. The van der Waals surface area contributed by atoms with Crippen LogP contribution in [0.25, 0.3) is 0 Å². The molecule has 1 rings (SSSR count). The maximum Gasteiger partial charge on any atom is 0.240 e. The van der Waals surface area contributed by atoms with Gasteiger partial charge in [-0.25, -0.2) is 0 Å². The maximum absolute atomic E-state index is 11.5. The lowest BCUT2D eigenvalue weighted by Crippen LogP contribution is -3.14. The fourth-order valence-corrected chi connectivity index (χ4v) is 1.79. The summed E-state index contributed by atoms with van der Waals surface area (Å²) in [6.07, 6.45) is 0. The molecule has 1 fully saturated rings. The summed E-state index contributed by atoms with van der Waals surface area (Å²) in [6.45, 7) is 8.91. The third-order valence-corrected chi connectivity index (χ3v) is 2.81. The average molecular weight is 206 g/mol. The lowest BCUT2D eigenvalue weighted by molar-refractivity contribution is -0.902. The van der Waals surface area contributed by atoms with E-state index in [1.165, 1.54) is 0 Å². The number of piperazine rings is 1. The average Bonchev–Trinajstić information content (AvgIpc) is 2.17. The zero-order chi connectivity index (χ0) is 9.84. The Morgan fingerprint density at radius 1 is 1.54 bits per heavy atom. The van der Waals surface area contributed by atoms with E-state index in [1.54, 1.807) is 11.8 Å². The lowest BCUT2D eigenvalue weighted by Gasteiger charge is -2.32. The van der Waals surface area contributed by atoms with E-state index >= 15 is 0 Å². The minimum atomic E-state index is -0.372. The number of amides is 1. The minimum Gasteiger partial charge on any atom is -0.332 e. The number of rotatable bonds is 2. The van der Waals surface area contributed by atoms with Gasteiger partial charge < -0.3 is 9.80 Å². The molecule has 1 atom stereocenters. The van der Waals surface area contributed by atoms with Crippen molar-refractivity contribution in [2.75, 3.05) is 32.7 Å². The van der Waals surface area contributed by atoms with E-state index < -0.39 is 0 Å². The van der Waals surface area contributed by atoms with Gasteiger partial charge in [-0.05, 0) is 13.8 Å². The number of carbonyl (C=O) groups is 1. The molecule has 0 spiro atoms. The van der Waals surface area contributed by atoms with Gasteiger partial charge in [-0.3, -0.25) is 4.79 Å². The summed E-state index contributed by atoms with van der Waals surface area (Å²) in [6, 6.07) is 0. The predicted molar refractivity (Wildman–Crippen MR) is 53.1 cm³/mol. The van der Waals surface area contributed by atoms with Crippen molar-refractivity contribution in [3.05, 3.63) is 0 Å². The zero-order valence-electron chi connectivity index (χ0n) is 8.35. The van der Waals surface area contributed by atoms with E-state index in [4.69, 9.17) is 11.6 Å². The van der Waals surface area contributed by atoms with Gasteiger partial charge in [-0.2, -0.15) is 0 Å². The number of quaternary nitrogens is 1. The summed E-state index contributed by atoms with van der Waals surface area (Å²) < 4.78 is 0. The molecule has 0 radical (unpaired) electrons. The first-order valence-corrected chi connectivity index (χ1v) is 5.35. The topological polar surface area (TPSA) is 24.8 Å². The van der Waals surface area contributed by atoms with Gasteiger partial charge >= 0.3 is 0 Å². The molecule has 0 aromatic carbocycles. The molecule has 4 heteroatoms. The molecule has 0 aromatic rings. The predicted octanol–water partition coefficient (Wildman–Crippen LogP) is -0.639. The van der Waals surface area contributed by atoms with Crippen molar-refractivity contribution in [2.45, 2.75) is 19.2 Å². The van der Waals surface area contributed by atoms with Gasteiger partial charge in [0.25, 0.3) is 0 Å². The van der Waals surface area contributed by atoms with Crippen molar-refractivity contribution in [1.82, 2.24) is 4.90 Å². The Hall–Kier alpha value is -0.280. The van der Waals surface area contributed by atoms with Gasteiger partial charge in [0, 0.05) is 0 Å². The summed E-state index contributed by atoms with van der Waals surface area (Å²) in [4.78, 5) is 14.9. The number of halogens is 1. The standard InChI is InChI=1S/C9H17ClN2O/c1-3-11-4-6-12(7-5-11)9(13)8(2)10/h8H,3-7H2,1-2H3/p+1/t8-/m1/s1. The molecular formula is C9H18ClN2O+. The van der Waals surface area contributed by atoms with Crippen molar-refractivity contribution in [1.29, 1.82) is 0 Å². The molecule has 1 amide bonds. The summed E-state index contributed by atoms with van der Waals surface area (Å²) in [7, 11) is 0.